The number of likely N-dealkylation sites (tertiary alicyclic amines) is 3. The molecule has 306 valence electrons. The van der Waals surface area contributed by atoms with E-state index in [0.717, 1.165) is 36.2 Å². The summed E-state index contributed by atoms with van der Waals surface area (Å²) in [6, 6.07) is 10.8. The summed E-state index contributed by atoms with van der Waals surface area (Å²) < 4.78 is 18.4. The molecule has 2 aromatic carbocycles. The first kappa shape index (κ1) is 39.8. The van der Waals surface area contributed by atoms with Gasteiger partial charge in [-0.15, -0.1) is 0 Å². The number of carbonyl (C=O) groups is 5. The minimum atomic E-state index is -1.14. The lowest BCUT2D eigenvalue weighted by atomic mass is 9.99. The molecule has 3 saturated heterocycles. The van der Waals surface area contributed by atoms with E-state index < -0.39 is 30.0 Å². The highest BCUT2D eigenvalue weighted by atomic mass is 16.6. The molecule has 7 rings (SSSR count). The SMILES string of the molecule is Cc1cc(C[C@@H](OC(=O)N2CCC(N3CCc4ccccc4NC3=O)CC2)C(=O)N2CCC(N3CCC[C@H]3C(=O)OCC(=O)N(C)C)CC2)cc2oc(=O)n(C)c12. The fourth-order valence-electron chi connectivity index (χ4n) is 8.85. The summed E-state index contributed by atoms with van der Waals surface area (Å²) in [5, 5.41) is 3.03. The minimum Gasteiger partial charge on any atom is -0.454 e. The van der Waals surface area contributed by atoms with E-state index in [4.69, 9.17) is 13.9 Å². The molecule has 0 unspecified atom stereocenters. The number of oxazole rings is 1. The Kier molecular flexibility index (Phi) is 11.9. The van der Waals surface area contributed by atoms with Gasteiger partial charge in [-0.2, -0.15) is 0 Å². The van der Waals surface area contributed by atoms with Gasteiger partial charge in [-0.1, -0.05) is 24.3 Å². The number of urea groups is 1. The number of aryl methyl sites for hydroxylation is 2. The molecule has 16 heteroatoms. The van der Waals surface area contributed by atoms with E-state index in [0.29, 0.717) is 81.5 Å². The Hall–Kier alpha value is -5.38. The average molecular weight is 788 g/mol. The first-order valence-electron chi connectivity index (χ1n) is 20.0. The number of hydrogen-bond acceptors (Lipinski definition) is 10. The fourth-order valence-corrected chi connectivity index (χ4v) is 8.85. The number of aromatic nitrogens is 1. The van der Waals surface area contributed by atoms with Gasteiger partial charge in [0.1, 0.15) is 6.04 Å². The molecule has 0 aliphatic carbocycles. The third-order valence-electron chi connectivity index (χ3n) is 12.0. The Bertz CT molecular complexity index is 2060. The molecule has 4 aliphatic rings. The Morgan fingerprint density at radius 2 is 1.61 bits per heavy atom. The molecule has 16 nitrogen and oxygen atoms in total. The van der Waals surface area contributed by atoms with Crippen LogP contribution in [0.2, 0.25) is 0 Å². The predicted octanol–water partition coefficient (Wildman–Crippen LogP) is 3.13. The van der Waals surface area contributed by atoms with Gasteiger partial charge in [0, 0.05) is 78.1 Å². The molecule has 0 radical (unpaired) electrons. The van der Waals surface area contributed by atoms with Gasteiger partial charge in [-0.05, 0) is 87.2 Å². The second kappa shape index (κ2) is 17.0. The highest BCUT2D eigenvalue weighted by Crippen LogP contribution is 2.29. The van der Waals surface area contributed by atoms with Crippen LogP contribution in [0, 0.1) is 6.92 Å². The summed E-state index contributed by atoms with van der Waals surface area (Å²) in [5.74, 6) is -1.49. The zero-order valence-corrected chi connectivity index (χ0v) is 33.2. The molecular formula is C41H53N7O9. The third kappa shape index (κ3) is 8.65. The van der Waals surface area contributed by atoms with E-state index in [9.17, 15) is 28.8 Å². The maximum Gasteiger partial charge on any atom is 0.419 e. The van der Waals surface area contributed by atoms with Crippen LogP contribution in [0.4, 0.5) is 15.3 Å². The van der Waals surface area contributed by atoms with Crippen LogP contribution in [0.15, 0.2) is 45.6 Å². The van der Waals surface area contributed by atoms with E-state index in [-0.39, 0.29) is 43.0 Å². The summed E-state index contributed by atoms with van der Waals surface area (Å²) >= 11 is 0. The number of piperidine rings is 2. The fraction of sp³-hybridized carbons (Fsp3) is 0.561. The van der Waals surface area contributed by atoms with Crippen molar-refractivity contribution < 1.29 is 37.9 Å². The van der Waals surface area contributed by atoms with Gasteiger partial charge < -0.3 is 38.8 Å². The maximum atomic E-state index is 14.3. The van der Waals surface area contributed by atoms with Crippen LogP contribution in [0.1, 0.15) is 55.2 Å². The summed E-state index contributed by atoms with van der Waals surface area (Å²) in [4.78, 5) is 87.4. The number of rotatable bonds is 9. The Balaban J connectivity index is 1.01. The number of amides is 5. The number of para-hydroxylation sites is 1. The van der Waals surface area contributed by atoms with Crippen LogP contribution in [0.3, 0.4) is 0 Å². The molecule has 3 aromatic rings. The van der Waals surface area contributed by atoms with E-state index in [1.807, 2.05) is 42.2 Å². The van der Waals surface area contributed by atoms with Gasteiger partial charge in [-0.25, -0.2) is 14.4 Å². The van der Waals surface area contributed by atoms with Gasteiger partial charge in [0.15, 0.2) is 18.3 Å². The molecule has 4 aliphatic heterocycles. The van der Waals surface area contributed by atoms with Crippen molar-refractivity contribution in [3.8, 4) is 0 Å². The number of fused-ring (bicyclic) bond motifs is 2. The summed E-state index contributed by atoms with van der Waals surface area (Å²) in [7, 11) is 4.86. The molecule has 5 amide bonds. The van der Waals surface area contributed by atoms with Crippen molar-refractivity contribution in [3.05, 3.63) is 63.6 Å². The third-order valence-corrected chi connectivity index (χ3v) is 12.0. The van der Waals surface area contributed by atoms with Gasteiger partial charge in [-0.3, -0.25) is 23.9 Å². The Morgan fingerprint density at radius 3 is 2.35 bits per heavy atom. The van der Waals surface area contributed by atoms with Crippen molar-refractivity contribution in [2.24, 2.45) is 7.05 Å². The first-order chi connectivity index (χ1) is 27.4. The molecule has 1 aromatic heterocycles. The number of hydrogen-bond donors (Lipinski definition) is 1. The van der Waals surface area contributed by atoms with E-state index in [1.165, 1.54) is 9.47 Å². The van der Waals surface area contributed by atoms with E-state index in [1.54, 1.807) is 37.0 Å². The number of carbonyl (C=O) groups excluding carboxylic acids is 5. The summed E-state index contributed by atoms with van der Waals surface area (Å²) in [6.07, 6.45) is 2.95. The number of benzene rings is 2. The molecule has 0 spiro atoms. The van der Waals surface area contributed by atoms with Crippen molar-refractivity contribution in [2.75, 3.05) is 65.3 Å². The van der Waals surface area contributed by atoms with Gasteiger partial charge in [0.25, 0.3) is 11.8 Å². The molecule has 5 heterocycles. The van der Waals surface area contributed by atoms with Crippen LogP contribution >= 0.6 is 0 Å². The van der Waals surface area contributed by atoms with Crippen molar-refractivity contribution in [3.63, 3.8) is 0 Å². The predicted molar refractivity (Wildman–Crippen MR) is 210 cm³/mol. The summed E-state index contributed by atoms with van der Waals surface area (Å²) in [6.45, 7) is 4.44. The largest absolute Gasteiger partial charge is 0.454 e. The first-order valence-corrected chi connectivity index (χ1v) is 20.0. The number of anilines is 1. The zero-order valence-electron chi connectivity index (χ0n) is 33.2. The van der Waals surface area contributed by atoms with Gasteiger partial charge >= 0.3 is 23.8 Å². The van der Waals surface area contributed by atoms with Crippen molar-refractivity contribution in [1.82, 2.24) is 29.1 Å². The summed E-state index contributed by atoms with van der Waals surface area (Å²) in [5.41, 5.74) is 4.44. The lowest BCUT2D eigenvalue weighted by molar-refractivity contribution is -0.156. The van der Waals surface area contributed by atoms with Gasteiger partial charge in [0.05, 0.1) is 5.52 Å². The number of ether oxygens (including phenoxy) is 2. The lowest BCUT2D eigenvalue weighted by Crippen LogP contribution is -2.53. The second-order valence-corrected chi connectivity index (χ2v) is 15.9. The molecule has 2 atom stereocenters. The van der Waals surface area contributed by atoms with Crippen LogP contribution in [0.5, 0.6) is 0 Å². The molecule has 1 N–H and O–H groups in total. The van der Waals surface area contributed by atoms with Crippen LogP contribution in [0.25, 0.3) is 11.1 Å². The normalized spacial score (nSPS) is 20.2. The minimum absolute atomic E-state index is 0.0464. The highest BCUT2D eigenvalue weighted by Gasteiger charge is 2.40. The van der Waals surface area contributed by atoms with Crippen molar-refractivity contribution >= 4 is 46.7 Å². The average Bonchev–Trinajstić information content (AvgIpc) is 3.76. The van der Waals surface area contributed by atoms with Gasteiger partial charge in [0.2, 0.25) is 0 Å². The van der Waals surface area contributed by atoms with Crippen molar-refractivity contribution in [2.45, 2.75) is 82.5 Å². The number of nitrogens with one attached hydrogen (secondary N) is 1. The molecular weight excluding hydrogens is 734 g/mol. The molecule has 0 bridgehead atoms. The Labute approximate surface area is 331 Å². The van der Waals surface area contributed by atoms with Crippen molar-refractivity contribution in [1.29, 1.82) is 0 Å². The second-order valence-electron chi connectivity index (χ2n) is 15.9. The zero-order chi connectivity index (χ0) is 40.4. The smallest absolute Gasteiger partial charge is 0.419 e. The van der Waals surface area contributed by atoms with Crippen LogP contribution in [-0.4, -0.2) is 143 Å². The number of likely N-dealkylation sites (N-methyl/N-ethyl adjacent to an activating group) is 1. The standard InChI is InChI=1S/C41H53N7O9/c1-26-22-27(23-33-36(26)44(4)40(53)56-33)24-34(37(50)45-17-12-29(13-18-45)47-16-7-10-32(47)38(51)55-25-35(49)43(2)3)57-41(54)46-19-14-30(15-20-46)48-21-11-28-8-5-6-9-31(28)42-39(48)52/h5-6,8-9,22-23,29-30,32,34H,7,10-21,24-25H2,1-4H3,(H,42,52)/t32-,34+/m0/s1. The van der Waals surface area contributed by atoms with E-state index in [2.05, 4.69) is 10.2 Å². The highest BCUT2D eigenvalue weighted by molar-refractivity contribution is 5.91. The molecule has 3 fully saturated rings. The van der Waals surface area contributed by atoms with Crippen LogP contribution in [-0.2, 0) is 43.7 Å². The quantitative estimate of drug-likeness (QED) is 0.319. The molecule has 0 saturated carbocycles. The number of nitrogens with zero attached hydrogens (tertiary/aromatic N) is 6. The van der Waals surface area contributed by atoms with E-state index >= 15 is 0 Å². The Morgan fingerprint density at radius 1 is 0.912 bits per heavy atom. The molecule has 57 heavy (non-hydrogen) atoms. The van der Waals surface area contributed by atoms with Crippen LogP contribution < -0.4 is 11.1 Å². The number of esters is 1. The topological polar surface area (TPSA) is 167 Å². The monoisotopic (exact) mass is 787 g/mol. The maximum absolute atomic E-state index is 14.3. The lowest BCUT2D eigenvalue weighted by Gasteiger charge is -2.40.